The second kappa shape index (κ2) is 7.45. The summed E-state index contributed by atoms with van der Waals surface area (Å²) in [6.07, 6.45) is 3.05. The van der Waals surface area contributed by atoms with Crippen molar-refractivity contribution in [2.45, 2.75) is 31.7 Å². The zero-order valence-corrected chi connectivity index (χ0v) is 14.6. The molecule has 1 saturated heterocycles. The van der Waals surface area contributed by atoms with E-state index in [2.05, 4.69) is 5.32 Å². The van der Waals surface area contributed by atoms with E-state index in [-0.39, 0.29) is 36.1 Å². The molecule has 3 rings (SSSR count). The normalized spacial score (nSPS) is 26.3. The second-order valence-electron chi connectivity index (χ2n) is 6.68. The molecular formula is C18H25ClN2O2. The lowest BCUT2D eigenvalue weighted by atomic mass is 9.76. The van der Waals surface area contributed by atoms with Gasteiger partial charge in [-0.25, -0.2) is 0 Å². The van der Waals surface area contributed by atoms with Crippen LogP contribution in [0.4, 0.5) is 5.69 Å². The van der Waals surface area contributed by atoms with E-state index in [1.165, 1.54) is 0 Å². The number of Topliss-reactive ketones (excluding diaryl/α,β-unsaturated/α-hetero) is 2. The molecule has 0 aromatic heterocycles. The summed E-state index contributed by atoms with van der Waals surface area (Å²) < 4.78 is 0. The maximum Gasteiger partial charge on any atom is 0.154 e. The minimum absolute atomic E-state index is 0. The summed E-state index contributed by atoms with van der Waals surface area (Å²) in [6.45, 7) is 0.676. The van der Waals surface area contributed by atoms with Crippen LogP contribution >= 0.6 is 12.4 Å². The Morgan fingerprint density at radius 2 is 2.04 bits per heavy atom. The van der Waals surface area contributed by atoms with Crippen molar-refractivity contribution in [1.82, 2.24) is 5.32 Å². The Labute approximate surface area is 144 Å². The third-order valence-corrected chi connectivity index (χ3v) is 5.06. The molecule has 4 nitrogen and oxygen atoms in total. The number of anilines is 1. The molecule has 0 amide bonds. The van der Waals surface area contributed by atoms with E-state index in [0.717, 1.165) is 24.1 Å². The molecule has 3 unspecified atom stereocenters. The Morgan fingerprint density at radius 1 is 1.30 bits per heavy atom. The molecule has 0 bridgehead atoms. The Balaban J connectivity index is 0.00000192. The average Bonchev–Trinajstić information content (AvgIpc) is 2.93. The predicted molar refractivity (Wildman–Crippen MR) is 94.4 cm³/mol. The van der Waals surface area contributed by atoms with Crippen LogP contribution in [0.5, 0.6) is 0 Å². The van der Waals surface area contributed by atoms with Crippen LogP contribution in [0.1, 0.15) is 24.8 Å². The number of para-hydroxylation sites is 1. The van der Waals surface area contributed by atoms with E-state index in [4.69, 9.17) is 0 Å². The van der Waals surface area contributed by atoms with Crippen molar-refractivity contribution in [2.24, 2.45) is 11.8 Å². The Bertz CT molecular complexity index is 588. The molecule has 0 radical (unpaired) electrons. The van der Waals surface area contributed by atoms with Crippen molar-refractivity contribution in [3.8, 4) is 0 Å². The van der Waals surface area contributed by atoms with Crippen LogP contribution in [-0.4, -0.2) is 38.2 Å². The van der Waals surface area contributed by atoms with Gasteiger partial charge in [-0.3, -0.25) is 9.59 Å². The van der Waals surface area contributed by atoms with Gasteiger partial charge in [0.1, 0.15) is 5.78 Å². The first-order valence-electron chi connectivity index (χ1n) is 8.12. The highest BCUT2D eigenvalue weighted by Crippen LogP contribution is 2.35. The summed E-state index contributed by atoms with van der Waals surface area (Å²) in [6, 6.07) is 7.88. The van der Waals surface area contributed by atoms with Gasteiger partial charge in [0.25, 0.3) is 0 Å². The molecule has 1 N–H and O–H groups in total. The van der Waals surface area contributed by atoms with E-state index < -0.39 is 0 Å². The molecule has 2 aliphatic rings. The van der Waals surface area contributed by atoms with Crippen molar-refractivity contribution in [2.75, 3.05) is 25.5 Å². The zero-order valence-electron chi connectivity index (χ0n) is 13.7. The molecule has 1 aromatic rings. The number of rotatable bonds is 4. The van der Waals surface area contributed by atoms with Crippen LogP contribution in [0.2, 0.25) is 0 Å². The number of hydrogen-bond acceptors (Lipinski definition) is 4. The van der Waals surface area contributed by atoms with Crippen LogP contribution in [-0.2, 0) is 16.0 Å². The predicted octanol–water partition coefficient (Wildman–Crippen LogP) is 2.24. The number of nitrogens with one attached hydrogen (secondary N) is 1. The highest BCUT2D eigenvalue weighted by atomic mass is 35.5. The summed E-state index contributed by atoms with van der Waals surface area (Å²) in [5.41, 5.74) is 2.15. The molecule has 1 aromatic carbocycles. The minimum atomic E-state index is -0.149. The van der Waals surface area contributed by atoms with Crippen LogP contribution in [0, 0.1) is 11.8 Å². The van der Waals surface area contributed by atoms with Crippen molar-refractivity contribution < 1.29 is 9.59 Å². The standard InChI is InChI=1S/C18H24N2O2.ClH/c1-20(2)15-8-4-3-6-12(15)10-17(22)18-13-7-5-9-16(21)14(13)11-19-18;/h3-4,6,8,13-14,18-19H,5,7,9-11H2,1-2H3;1H. The number of carbonyl (C=O) groups excluding carboxylic acids is 2. The first kappa shape index (κ1) is 18.0. The Kier molecular flexibility index (Phi) is 5.82. The van der Waals surface area contributed by atoms with Crippen LogP contribution in [0.3, 0.4) is 0 Å². The fourth-order valence-corrected chi connectivity index (χ4v) is 3.95. The van der Waals surface area contributed by atoms with Gasteiger partial charge < -0.3 is 10.2 Å². The highest BCUT2D eigenvalue weighted by molar-refractivity contribution is 5.90. The molecule has 23 heavy (non-hydrogen) atoms. The zero-order chi connectivity index (χ0) is 15.7. The fraction of sp³-hybridized carbons (Fsp3) is 0.556. The van der Waals surface area contributed by atoms with Gasteiger partial charge in [-0.05, 0) is 30.4 Å². The van der Waals surface area contributed by atoms with Gasteiger partial charge in [-0.2, -0.15) is 0 Å². The van der Waals surface area contributed by atoms with Gasteiger partial charge >= 0.3 is 0 Å². The van der Waals surface area contributed by atoms with Crippen molar-refractivity contribution >= 4 is 29.7 Å². The lowest BCUT2D eigenvalue weighted by molar-refractivity contribution is -0.126. The van der Waals surface area contributed by atoms with E-state index in [0.29, 0.717) is 25.2 Å². The first-order valence-corrected chi connectivity index (χ1v) is 8.12. The van der Waals surface area contributed by atoms with Crippen molar-refractivity contribution in [1.29, 1.82) is 0 Å². The van der Waals surface area contributed by atoms with E-state index >= 15 is 0 Å². The van der Waals surface area contributed by atoms with Crippen LogP contribution in [0.15, 0.2) is 24.3 Å². The maximum atomic E-state index is 12.8. The molecule has 2 fully saturated rings. The SMILES string of the molecule is CN(C)c1ccccc1CC(=O)C1NCC2C(=O)CCCC21.Cl. The fourth-order valence-electron chi connectivity index (χ4n) is 3.95. The lowest BCUT2D eigenvalue weighted by Gasteiger charge is -2.27. The molecule has 1 saturated carbocycles. The molecule has 126 valence electrons. The van der Waals surface area contributed by atoms with Crippen molar-refractivity contribution in [3.05, 3.63) is 29.8 Å². The first-order chi connectivity index (χ1) is 10.6. The summed E-state index contributed by atoms with van der Waals surface area (Å²) >= 11 is 0. The lowest BCUT2D eigenvalue weighted by Crippen LogP contribution is -2.39. The van der Waals surface area contributed by atoms with Gasteiger partial charge in [-0.15, -0.1) is 12.4 Å². The summed E-state index contributed by atoms with van der Waals surface area (Å²) in [7, 11) is 3.99. The number of halogens is 1. The average molecular weight is 337 g/mol. The summed E-state index contributed by atoms with van der Waals surface area (Å²) in [5, 5.41) is 3.31. The van der Waals surface area contributed by atoms with Crippen LogP contribution < -0.4 is 10.2 Å². The third-order valence-electron chi connectivity index (χ3n) is 5.06. The topological polar surface area (TPSA) is 49.4 Å². The third kappa shape index (κ3) is 3.59. The highest BCUT2D eigenvalue weighted by Gasteiger charge is 2.44. The molecule has 1 aliphatic heterocycles. The molecule has 0 spiro atoms. The van der Waals surface area contributed by atoms with Gasteiger partial charge in [0, 0.05) is 45.1 Å². The maximum absolute atomic E-state index is 12.8. The molecule has 3 atom stereocenters. The molecule has 5 heteroatoms. The second-order valence-corrected chi connectivity index (χ2v) is 6.68. The number of nitrogens with zero attached hydrogens (tertiary/aromatic N) is 1. The quantitative estimate of drug-likeness (QED) is 0.916. The summed E-state index contributed by atoms with van der Waals surface area (Å²) in [5.74, 6) is 0.830. The largest absolute Gasteiger partial charge is 0.377 e. The Morgan fingerprint density at radius 3 is 2.78 bits per heavy atom. The molecular weight excluding hydrogens is 312 g/mol. The number of benzene rings is 1. The van der Waals surface area contributed by atoms with Crippen molar-refractivity contribution in [3.63, 3.8) is 0 Å². The van der Waals surface area contributed by atoms with E-state index in [1.807, 2.05) is 43.3 Å². The Hall–Kier alpha value is -1.39. The van der Waals surface area contributed by atoms with Crippen LogP contribution in [0.25, 0.3) is 0 Å². The molecule has 1 heterocycles. The monoisotopic (exact) mass is 336 g/mol. The molecule has 1 aliphatic carbocycles. The van der Waals surface area contributed by atoms with Gasteiger partial charge in [0.15, 0.2) is 5.78 Å². The van der Waals surface area contributed by atoms with Gasteiger partial charge in [0.05, 0.1) is 6.04 Å². The number of carbonyl (C=O) groups is 2. The summed E-state index contributed by atoms with van der Waals surface area (Å²) in [4.78, 5) is 26.8. The van der Waals surface area contributed by atoms with Gasteiger partial charge in [0.2, 0.25) is 0 Å². The number of fused-ring (bicyclic) bond motifs is 1. The number of ketones is 2. The number of hydrogen-bond donors (Lipinski definition) is 1. The van der Waals surface area contributed by atoms with E-state index in [1.54, 1.807) is 0 Å². The van der Waals surface area contributed by atoms with Gasteiger partial charge in [-0.1, -0.05) is 18.2 Å². The smallest absolute Gasteiger partial charge is 0.154 e. The van der Waals surface area contributed by atoms with E-state index in [9.17, 15) is 9.59 Å². The minimum Gasteiger partial charge on any atom is -0.377 e.